The second-order valence-electron chi connectivity index (χ2n) is 8.63. The normalized spacial score (nSPS) is 12.0. The van der Waals surface area contributed by atoms with Crippen LogP contribution in [-0.2, 0) is 26.2 Å². The fourth-order valence-corrected chi connectivity index (χ4v) is 5.39. The lowest BCUT2D eigenvalue weighted by molar-refractivity contribution is -0.140. The molecule has 3 aromatic carbocycles. The van der Waals surface area contributed by atoms with Crippen molar-refractivity contribution in [2.24, 2.45) is 0 Å². The summed E-state index contributed by atoms with van der Waals surface area (Å²) in [5.41, 5.74) is 2.00. The highest BCUT2D eigenvalue weighted by Crippen LogP contribution is 2.25. The van der Waals surface area contributed by atoms with Crippen LogP contribution in [0.25, 0.3) is 0 Å². The van der Waals surface area contributed by atoms with Gasteiger partial charge in [-0.1, -0.05) is 55.0 Å². The van der Waals surface area contributed by atoms with Gasteiger partial charge >= 0.3 is 0 Å². The van der Waals surface area contributed by atoms with E-state index < -0.39 is 34.3 Å². The molecule has 37 heavy (non-hydrogen) atoms. The molecular weight excluding hydrogens is 493 g/mol. The van der Waals surface area contributed by atoms with Gasteiger partial charge in [0, 0.05) is 13.1 Å². The van der Waals surface area contributed by atoms with Crippen molar-refractivity contribution in [3.8, 4) is 0 Å². The fourth-order valence-electron chi connectivity index (χ4n) is 3.96. The number of rotatable bonds is 11. The molecule has 0 aliphatic carbocycles. The van der Waals surface area contributed by atoms with Gasteiger partial charge in [-0.05, 0) is 62.2 Å². The number of carbonyl (C=O) groups excluding carboxylic acids is 2. The van der Waals surface area contributed by atoms with Gasteiger partial charge in [0.1, 0.15) is 18.4 Å². The molecule has 3 rings (SSSR count). The number of anilines is 1. The van der Waals surface area contributed by atoms with Crippen LogP contribution in [0.5, 0.6) is 0 Å². The van der Waals surface area contributed by atoms with Crippen molar-refractivity contribution >= 4 is 27.5 Å². The van der Waals surface area contributed by atoms with Crippen LogP contribution in [0.2, 0.25) is 0 Å². The summed E-state index contributed by atoms with van der Waals surface area (Å²) in [5.74, 6) is -1.40. The quantitative estimate of drug-likeness (QED) is 0.405. The summed E-state index contributed by atoms with van der Waals surface area (Å²) >= 11 is 0. The Balaban J connectivity index is 2.03. The molecule has 0 aromatic heterocycles. The number of carbonyl (C=O) groups is 2. The molecule has 3 aromatic rings. The summed E-state index contributed by atoms with van der Waals surface area (Å²) in [6.45, 7) is 5.49. The zero-order valence-corrected chi connectivity index (χ0v) is 22.0. The van der Waals surface area contributed by atoms with Gasteiger partial charge in [0.2, 0.25) is 11.8 Å². The Kier molecular flexibility index (Phi) is 9.41. The zero-order chi connectivity index (χ0) is 27.0. The molecule has 2 amide bonds. The van der Waals surface area contributed by atoms with E-state index in [-0.39, 0.29) is 23.0 Å². The Morgan fingerprint density at radius 1 is 0.919 bits per heavy atom. The Hall–Kier alpha value is -3.72. The SMILES string of the molecule is CCNC(=O)[C@@H](CC)N(Cc1ccc(C)cc1)C(=O)CN(c1ccc(F)cc1)S(=O)(=O)c1ccccc1. The summed E-state index contributed by atoms with van der Waals surface area (Å²) < 4.78 is 41.9. The van der Waals surface area contributed by atoms with E-state index in [0.717, 1.165) is 27.6 Å². The lowest BCUT2D eigenvalue weighted by Gasteiger charge is -2.33. The number of likely N-dealkylation sites (N-methyl/N-ethyl adjacent to an activating group) is 1. The summed E-state index contributed by atoms with van der Waals surface area (Å²) in [6.07, 6.45) is 0.339. The first-order chi connectivity index (χ1) is 17.7. The van der Waals surface area contributed by atoms with Gasteiger partial charge in [-0.25, -0.2) is 12.8 Å². The maximum Gasteiger partial charge on any atom is 0.264 e. The average Bonchev–Trinajstić information content (AvgIpc) is 2.89. The molecule has 0 heterocycles. The summed E-state index contributed by atoms with van der Waals surface area (Å²) in [7, 11) is -4.17. The van der Waals surface area contributed by atoms with Crippen molar-refractivity contribution in [2.75, 3.05) is 17.4 Å². The molecule has 0 aliphatic heterocycles. The lowest BCUT2D eigenvalue weighted by atomic mass is 10.1. The van der Waals surface area contributed by atoms with Crippen molar-refractivity contribution in [3.05, 3.63) is 95.8 Å². The standard InChI is InChI=1S/C28H32FN3O4S/c1-4-26(28(34)30-5-2)31(19-22-13-11-21(3)12-14-22)27(33)20-32(24-17-15-23(29)16-18-24)37(35,36)25-9-7-6-8-10-25/h6-18,26H,4-5,19-20H2,1-3H3,(H,30,34)/t26-/m1/s1. The van der Waals surface area contributed by atoms with Crippen molar-refractivity contribution in [1.29, 1.82) is 0 Å². The van der Waals surface area contributed by atoms with E-state index in [0.29, 0.717) is 13.0 Å². The van der Waals surface area contributed by atoms with Crippen molar-refractivity contribution in [2.45, 2.75) is 44.7 Å². The molecule has 0 saturated heterocycles. The van der Waals surface area contributed by atoms with Crippen LogP contribution in [-0.4, -0.2) is 44.3 Å². The largest absolute Gasteiger partial charge is 0.355 e. The first-order valence-electron chi connectivity index (χ1n) is 12.1. The Bertz CT molecular complexity index is 1300. The molecular formula is C28H32FN3O4S. The fraction of sp³-hybridized carbons (Fsp3) is 0.286. The number of hydrogen-bond acceptors (Lipinski definition) is 4. The first-order valence-corrected chi connectivity index (χ1v) is 13.6. The van der Waals surface area contributed by atoms with Gasteiger partial charge in [0.15, 0.2) is 0 Å². The molecule has 0 bridgehead atoms. The third kappa shape index (κ3) is 6.95. The van der Waals surface area contributed by atoms with E-state index in [1.54, 1.807) is 32.0 Å². The molecule has 9 heteroatoms. The van der Waals surface area contributed by atoms with Crippen LogP contribution in [0.1, 0.15) is 31.4 Å². The third-order valence-corrected chi connectivity index (χ3v) is 7.72. The minimum Gasteiger partial charge on any atom is -0.355 e. The lowest BCUT2D eigenvalue weighted by Crippen LogP contribution is -2.52. The van der Waals surface area contributed by atoms with Gasteiger partial charge in [-0.3, -0.25) is 13.9 Å². The van der Waals surface area contributed by atoms with Crippen LogP contribution in [0.3, 0.4) is 0 Å². The predicted molar refractivity (Wildman–Crippen MR) is 142 cm³/mol. The molecule has 0 fully saturated rings. The predicted octanol–water partition coefficient (Wildman–Crippen LogP) is 4.27. The zero-order valence-electron chi connectivity index (χ0n) is 21.2. The highest BCUT2D eigenvalue weighted by atomic mass is 32.2. The van der Waals surface area contributed by atoms with Crippen LogP contribution >= 0.6 is 0 Å². The van der Waals surface area contributed by atoms with E-state index in [1.807, 2.05) is 31.2 Å². The number of nitrogens with zero attached hydrogens (tertiary/aromatic N) is 2. The van der Waals surface area contributed by atoms with E-state index in [4.69, 9.17) is 0 Å². The molecule has 196 valence electrons. The minimum atomic E-state index is -4.17. The number of aryl methyl sites for hydroxylation is 1. The number of nitrogens with one attached hydrogen (secondary N) is 1. The highest BCUT2D eigenvalue weighted by Gasteiger charge is 2.33. The second-order valence-corrected chi connectivity index (χ2v) is 10.5. The van der Waals surface area contributed by atoms with Crippen LogP contribution in [0.4, 0.5) is 10.1 Å². The number of halogens is 1. The molecule has 0 radical (unpaired) electrons. The molecule has 0 aliphatic rings. The Labute approximate surface area is 218 Å². The maximum atomic E-state index is 13.8. The molecule has 0 saturated carbocycles. The van der Waals surface area contributed by atoms with Gasteiger partial charge in [-0.15, -0.1) is 0 Å². The highest BCUT2D eigenvalue weighted by molar-refractivity contribution is 7.92. The average molecular weight is 526 g/mol. The third-order valence-electron chi connectivity index (χ3n) is 5.94. The molecule has 7 nitrogen and oxygen atoms in total. The van der Waals surface area contributed by atoms with E-state index in [2.05, 4.69) is 5.32 Å². The van der Waals surface area contributed by atoms with Gasteiger partial charge in [0.05, 0.1) is 10.6 Å². The number of sulfonamides is 1. The summed E-state index contributed by atoms with van der Waals surface area (Å²) in [6, 6.07) is 19.4. The number of amides is 2. The second kappa shape index (κ2) is 12.5. The smallest absolute Gasteiger partial charge is 0.264 e. The first kappa shape index (κ1) is 27.9. The van der Waals surface area contributed by atoms with E-state index in [1.165, 1.54) is 29.2 Å². The van der Waals surface area contributed by atoms with Gasteiger partial charge < -0.3 is 10.2 Å². The van der Waals surface area contributed by atoms with Crippen molar-refractivity contribution < 1.29 is 22.4 Å². The Morgan fingerprint density at radius 3 is 2.11 bits per heavy atom. The summed E-state index contributed by atoms with van der Waals surface area (Å²) in [4.78, 5) is 28.1. The minimum absolute atomic E-state index is 0.00650. The Morgan fingerprint density at radius 2 is 1.54 bits per heavy atom. The van der Waals surface area contributed by atoms with Gasteiger partial charge in [-0.2, -0.15) is 0 Å². The van der Waals surface area contributed by atoms with Crippen LogP contribution in [0, 0.1) is 12.7 Å². The van der Waals surface area contributed by atoms with Gasteiger partial charge in [0.25, 0.3) is 10.0 Å². The number of benzene rings is 3. The van der Waals surface area contributed by atoms with Crippen LogP contribution < -0.4 is 9.62 Å². The number of hydrogen-bond donors (Lipinski definition) is 1. The maximum absolute atomic E-state index is 13.8. The molecule has 0 spiro atoms. The molecule has 0 unspecified atom stereocenters. The van der Waals surface area contributed by atoms with Crippen molar-refractivity contribution in [1.82, 2.24) is 10.2 Å². The topological polar surface area (TPSA) is 86.8 Å². The van der Waals surface area contributed by atoms with E-state index >= 15 is 0 Å². The van der Waals surface area contributed by atoms with Crippen LogP contribution in [0.15, 0.2) is 83.8 Å². The van der Waals surface area contributed by atoms with E-state index in [9.17, 15) is 22.4 Å². The molecule has 1 N–H and O–H groups in total. The molecule has 1 atom stereocenters. The summed E-state index contributed by atoms with van der Waals surface area (Å²) in [5, 5.41) is 2.77. The van der Waals surface area contributed by atoms with Crippen molar-refractivity contribution in [3.63, 3.8) is 0 Å². The monoisotopic (exact) mass is 525 g/mol.